The fourth-order valence-electron chi connectivity index (χ4n) is 2.17. The highest BCUT2D eigenvalue weighted by molar-refractivity contribution is 7.99. The Kier molecular flexibility index (Phi) is 6.93. The highest BCUT2D eigenvalue weighted by Crippen LogP contribution is 2.18. The van der Waals surface area contributed by atoms with E-state index in [1.165, 1.54) is 6.07 Å². The molecule has 0 fully saturated rings. The molecule has 1 atom stereocenters. The number of rotatable bonds is 8. The second-order valence-corrected chi connectivity index (χ2v) is 6.82. The first-order valence-corrected chi connectivity index (χ1v) is 8.23. The van der Waals surface area contributed by atoms with Crippen LogP contribution in [0.1, 0.15) is 45.7 Å². The summed E-state index contributed by atoms with van der Waals surface area (Å²) < 4.78 is 0. The summed E-state index contributed by atoms with van der Waals surface area (Å²) in [5, 5.41) is 13.2. The maximum atomic E-state index is 11.3. The van der Waals surface area contributed by atoms with Crippen LogP contribution in [0.5, 0.6) is 0 Å². The largest absolute Gasteiger partial charge is 0.301 e. The molecule has 0 aromatic carbocycles. The van der Waals surface area contributed by atoms with Crippen LogP contribution in [0, 0.1) is 18.3 Å². The van der Waals surface area contributed by atoms with Crippen molar-refractivity contribution < 1.29 is 0 Å². The standard InChI is InChI=1S/C15H24N4OS/c1-11(2)19-15(4,10-16)7-5-6-8-21-14-17-12(3)9-13(20)18-14/h9,11,19H,5-8H2,1-4H3,(H,17,18,20). The van der Waals surface area contributed by atoms with E-state index < -0.39 is 5.54 Å². The Bertz CT molecular complexity index is 549. The van der Waals surface area contributed by atoms with Gasteiger partial charge in [0.25, 0.3) is 5.56 Å². The third kappa shape index (κ3) is 6.78. The Labute approximate surface area is 130 Å². The van der Waals surface area contributed by atoms with Crippen LogP contribution in [0.15, 0.2) is 16.0 Å². The van der Waals surface area contributed by atoms with Gasteiger partial charge in [0.1, 0.15) is 5.54 Å². The maximum absolute atomic E-state index is 11.3. The van der Waals surface area contributed by atoms with Crippen LogP contribution >= 0.6 is 11.8 Å². The summed E-state index contributed by atoms with van der Waals surface area (Å²) in [4.78, 5) is 18.3. The fraction of sp³-hybridized carbons (Fsp3) is 0.667. The summed E-state index contributed by atoms with van der Waals surface area (Å²) in [6.07, 6.45) is 2.77. The molecule has 21 heavy (non-hydrogen) atoms. The molecule has 1 unspecified atom stereocenters. The van der Waals surface area contributed by atoms with Gasteiger partial charge < -0.3 is 4.98 Å². The van der Waals surface area contributed by atoms with E-state index in [-0.39, 0.29) is 5.56 Å². The molecular formula is C15H24N4OS. The van der Waals surface area contributed by atoms with Gasteiger partial charge in [0.15, 0.2) is 5.16 Å². The van der Waals surface area contributed by atoms with Crippen molar-refractivity contribution in [3.05, 3.63) is 22.1 Å². The molecule has 1 aromatic rings. The van der Waals surface area contributed by atoms with E-state index in [1.807, 2.05) is 27.7 Å². The van der Waals surface area contributed by atoms with Gasteiger partial charge >= 0.3 is 0 Å². The quantitative estimate of drug-likeness (QED) is 0.438. The molecule has 0 amide bonds. The van der Waals surface area contributed by atoms with Crippen molar-refractivity contribution in [1.29, 1.82) is 5.26 Å². The van der Waals surface area contributed by atoms with Crippen LogP contribution in [0.3, 0.4) is 0 Å². The first-order valence-electron chi connectivity index (χ1n) is 7.24. The minimum absolute atomic E-state index is 0.108. The predicted molar refractivity (Wildman–Crippen MR) is 86.5 cm³/mol. The normalized spacial score (nSPS) is 13.9. The van der Waals surface area contributed by atoms with E-state index in [0.29, 0.717) is 11.2 Å². The minimum Gasteiger partial charge on any atom is -0.301 e. The third-order valence-electron chi connectivity index (χ3n) is 3.01. The van der Waals surface area contributed by atoms with Gasteiger partial charge in [0.2, 0.25) is 0 Å². The van der Waals surface area contributed by atoms with Gasteiger partial charge in [-0.25, -0.2) is 4.98 Å². The number of nitriles is 1. The van der Waals surface area contributed by atoms with Crippen LogP contribution in [-0.4, -0.2) is 27.3 Å². The zero-order chi connectivity index (χ0) is 15.9. The molecule has 6 heteroatoms. The minimum atomic E-state index is -0.464. The molecule has 0 aliphatic carbocycles. The Morgan fingerprint density at radius 1 is 1.52 bits per heavy atom. The molecule has 0 bridgehead atoms. The SMILES string of the molecule is Cc1cc(=O)[nH]c(SCCCCC(C)(C#N)NC(C)C)n1. The summed E-state index contributed by atoms with van der Waals surface area (Å²) in [7, 11) is 0. The highest BCUT2D eigenvalue weighted by Gasteiger charge is 2.23. The van der Waals surface area contributed by atoms with Crippen LogP contribution < -0.4 is 10.9 Å². The van der Waals surface area contributed by atoms with Crippen molar-refractivity contribution in [2.45, 2.75) is 63.7 Å². The molecule has 1 rings (SSSR count). The first kappa shape index (κ1) is 17.7. The van der Waals surface area contributed by atoms with Crippen molar-refractivity contribution >= 4 is 11.8 Å². The topological polar surface area (TPSA) is 81.6 Å². The summed E-state index contributed by atoms with van der Waals surface area (Å²) in [6.45, 7) is 7.85. The molecule has 116 valence electrons. The van der Waals surface area contributed by atoms with E-state index in [0.717, 1.165) is 30.7 Å². The van der Waals surface area contributed by atoms with Crippen molar-refractivity contribution in [3.63, 3.8) is 0 Å². The maximum Gasteiger partial charge on any atom is 0.251 e. The second-order valence-electron chi connectivity index (χ2n) is 5.74. The van der Waals surface area contributed by atoms with Crippen LogP contribution in [-0.2, 0) is 0 Å². The number of thioether (sulfide) groups is 1. The molecule has 1 heterocycles. The van der Waals surface area contributed by atoms with Gasteiger partial charge in [0.05, 0.1) is 6.07 Å². The summed E-state index contributed by atoms with van der Waals surface area (Å²) >= 11 is 1.55. The first-order chi connectivity index (χ1) is 9.84. The zero-order valence-corrected chi connectivity index (χ0v) is 14.0. The molecule has 0 saturated carbocycles. The van der Waals surface area contributed by atoms with Gasteiger partial charge in [-0.05, 0) is 47.0 Å². The number of hydrogen-bond acceptors (Lipinski definition) is 5. The van der Waals surface area contributed by atoms with E-state index in [4.69, 9.17) is 0 Å². The molecule has 0 aliphatic heterocycles. The van der Waals surface area contributed by atoms with E-state index in [1.54, 1.807) is 11.8 Å². The summed E-state index contributed by atoms with van der Waals surface area (Å²) in [6, 6.07) is 4.14. The van der Waals surface area contributed by atoms with Crippen molar-refractivity contribution in [2.75, 3.05) is 5.75 Å². The fourth-order valence-corrected chi connectivity index (χ4v) is 3.09. The molecular weight excluding hydrogens is 284 g/mol. The smallest absolute Gasteiger partial charge is 0.251 e. The average molecular weight is 308 g/mol. The van der Waals surface area contributed by atoms with E-state index in [2.05, 4.69) is 21.4 Å². The van der Waals surface area contributed by atoms with Crippen LogP contribution in [0.4, 0.5) is 0 Å². The molecule has 0 aliphatic rings. The Hall–Kier alpha value is -1.32. The third-order valence-corrected chi connectivity index (χ3v) is 3.97. The molecule has 0 radical (unpaired) electrons. The molecule has 5 nitrogen and oxygen atoms in total. The molecule has 2 N–H and O–H groups in total. The van der Waals surface area contributed by atoms with Gasteiger partial charge in [-0.15, -0.1) is 0 Å². The van der Waals surface area contributed by atoms with Crippen molar-refractivity contribution in [3.8, 4) is 6.07 Å². The lowest BCUT2D eigenvalue weighted by molar-refractivity contribution is 0.372. The second kappa shape index (κ2) is 8.20. The average Bonchev–Trinajstić information content (AvgIpc) is 2.36. The Morgan fingerprint density at radius 3 is 2.81 bits per heavy atom. The van der Waals surface area contributed by atoms with E-state index >= 15 is 0 Å². The highest BCUT2D eigenvalue weighted by atomic mass is 32.2. The van der Waals surface area contributed by atoms with E-state index in [9.17, 15) is 10.1 Å². The number of unbranched alkanes of at least 4 members (excludes halogenated alkanes) is 1. The van der Waals surface area contributed by atoms with Gasteiger partial charge in [0, 0.05) is 23.6 Å². The lowest BCUT2D eigenvalue weighted by atomic mass is 9.96. The number of aromatic nitrogens is 2. The Balaban J connectivity index is 2.34. The molecule has 0 spiro atoms. The number of nitrogens with one attached hydrogen (secondary N) is 2. The number of nitrogens with zero attached hydrogens (tertiary/aromatic N) is 2. The number of aromatic amines is 1. The van der Waals surface area contributed by atoms with Gasteiger partial charge in [-0.3, -0.25) is 10.1 Å². The van der Waals surface area contributed by atoms with Crippen LogP contribution in [0.2, 0.25) is 0 Å². The van der Waals surface area contributed by atoms with Crippen LogP contribution in [0.25, 0.3) is 0 Å². The molecule has 1 aromatic heterocycles. The summed E-state index contributed by atoms with van der Waals surface area (Å²) in [5.74, 6) is 0.885. The Morgan fingerprint density at radius 2 is 2.24 bits per heavy atom. The van der Waals surface area contributed by atoms with Gasteiger partial charge in [-0.1, -0.05) is 11.8 Å². The number of hydrogen-bond donors (Lipinski definition) is 2. The number of aryl methyl sites for hydroxylation is 1. The van der Waals surface area contributed by atoms with Crippen molar-refractivity contribution in [2.24, 2.45) is 0 Å². The predicted octanol–water partition coefficient (Wildman–Crippen LogP) is 2.62. The summed E-state index contributed by atoms with van der Waals surface area (Å²) in [5.41, 5.74) is 0.164. The monoisotopic (exact) mass is 308 g/mol. The number of H-pyrrole nitrogens is 1. The molecule has 0 saturated heterocycles. The lowest BCUT2D eigenvalue weighted by Gasteiger charge is -2.25. The zero-order valence-electron chi connectivity index (χ0n) is 13.2. The van der Waals surface area contributed by atoms with Crippen molar-refractivity contribution in [1.82, 2.24) is 15.3 Å². The lowest BCUT2D eigenvalue weighted by Crippen LogP contribution is -2.44. The van der Waals surface area contributed by atoms with Gasteiger partial charge in [-0.2, -0.15) is 5.26 Å².